The van der Waals surface area contributed by atoms with Gasteiger partial charge in [-0.1, -0.05) is 84.9 Å². The van der Waals surface area contributed by atoms with E-state index >= 15 is 0 Å². The molecule has 1 aliphatic heterocycles. The Morgan fingerprint density at radius 1 is 0.550 bits per heavy atom. The maximum atomic E-state index is 6.43. The van der Waals surface area contributed by atoms with Gasteiger partial charge < -0.3 is 13.7 Å². The first-order valence-electron chi connectivity index (χ1n) is 13.5. The first kappa shape index (κ1) is 24.7. The van der Waals surface area contributed by atoms with E-state index in [-0.39, 0.29) is 0 Å². The molecule has 1 aliphatic rings. The summed E-state index contributed by atoms with van der Waals surface area (Å²) in [7, 11) is -0.553. The van der Waals surface area contributed by atoms with Crippen LogP contribution >= 0.6 is 0 Å². The molecule has 6 aromatic rings. The van der Waals surface area contributed by atoms with Crippen LogP contribution in [0, 0.1) is 0 Å². The van der Waals surface area contributed by atoms with E-state index in [0.717, 1.165) is 44.1 Å². The Morgan fingerprint density at radius 3 is 1.90 bits per heavy atom. The summed E-state index contributed by atoms with van der Waals surface area (Å²) in [6, 6.07) is 32.0. The van der Waals surface area contributed by atoms with Crippen LogP contribution < -0.4 is 5.46 Å². The highest BCUT2D eigenvalue weighted by Gasteiger charge is 2.52. The Hall–Kier alpha value is -4.33. The van der Waals surface area contributed by atoms with Crippen molar-refractivity contribution in [3.63, 3.8) is 0 Å². The summed E-state index contributed by atoms with van der Waals surface area (Å²) >= 11 is 0. The zero-order valence-corrected chi connectivity index (χ0v) is 22.9. The molecule has 0 unspecified atom stereocenters. The molecule has 1 fully saturated rings. The molecule has 0 amide bonds. The molecular formula is C33H28BN3O3. The molecule has 0 bridgehead atoms. The van der Waals surface area contributed by atoms with Crippen LogP contribution in [0.15, 0.2) is 101 Å². The zero-order chi connectivity index (χ0) is 27.5. The molecular weight excluding hydrogens is 497 g/mol. The summed E-state index contributed by atoms with van der Waals surface area (Å²) in [5.74, 6) is 1.72. The van der Waals surface area contributed by atoms with Gasteiger partial charge in [-0.2, -0.15) is 0 Å². The quantitative estimate of drug-likeness (QED) is 0.229. The maximum Gasteiger partial charge on any atom is 0.495 e. The van der Waals surface area contributed by atoms with Crippen LogP contribution in [0.5, 0.6) is 0 Å². The van der Waals surface area contributed by atoms with E-state index in [4.69, 9.17) is 28.7 Å². The predicted molar refractivity (Wildman–Crippen MR) is 159 cm³/mol. The summed E-state index contributed by atoms with van der Waals surface area (Å²) < 4.78 is 19.0. The second kappa shape index (κ2) is 9.12. The number of para-hydroxylation sites is 1. The van der Waals surface area contributed by atoms with Gasteiger partial charge in [0, 0.05) is 27.5 Å². The third-order valence-corrected chi connectivity index (χ3v) is 8.02. The van der Waals surface area contributed by atoms with Gasteiger partial charge in [0.05, 0.1) is 11.2 Å². The fourth-order valence-corrected chi connectivity index (χ4v) is 5.17. The van der Waals surface area contributed by atoms with Gasteiger partial charge in [-0.05, 0) is 45.3 Å². The predicted octanol–water partition coefficient (Wildman–Crippen LogP) is 7.07. The molecule has 7 rings (SSSR count). The molecule has 0 radical (unpaired) electrons. The second-order valence-corrected chi connectivity index (χ2v) is 11.1. The highest BCUT2D eigenvalue weighted by Crippen LogP contribution is 2.38. The lowest BCUT2D eigenvalue weighted by Gasteiger charge is -2.32. The minimum Gasteiger partial charge on any atom is -0.456 e. The van der Waals surface area contributed by atoms with Crippen molar-refractivity contribution in [2.45, 2.75) is 38.9 Å². The van der Waals surface area contributed by atoms with Crippen molar-refractivity contribution in [1.82, 2.24) is 15.0 Å². The van der Waals surface area contributed by atoms with Gasteiger partial charge in [-0.15, -0.1) is 0 Å². The fourth-order valence-electron chi connectivity index (χ4n) is 5.17. The first-order chi connectivity index (χ1) is 19.3. The summed E-state index contributed by atoms with van der Waals surface area (Å²) in [6.07, 6.45) is 0. The number of hydrogen-bond donors (Lipinski definition) is 0. The Labute approximate surface area is 233 Å². The van der Waals surface area contributed by atoms with Crippen molar-refractivity contribution < 1.29 is 13.7 Å². The molecule has 40 heavy (non-hydrogen) atoms. The van der Waals surface area contributed by atoms with Gasteiger partial charge in [-0.25, -0.2) is 15.0 Å². The van der Waals surface area contributed by atoms with E-state index < -0.39 is 18.3 Å². The number of aromatic nitrogens is 3. The second-order valence-electron chi connectivity index (χ2n) is 11.1. The number of furan rings is 1. The molecule has 1 saturated heterocycles. The average Bonchev–Trinajstić information content (AvgIpc) is 3.46. The minimum absolute atomic E-state index is 0.470. The molecule has 0 saturated carbocycles. The van der Waals surface area contributed by atoms with Crippen LogP contribution in [-0.2, 0) is 9.31 Å². The lowest BCUT2D eigenvalue weighted by molar-refractivity contribution is 0.00578. The fraction of sp³-hybridized carbons (Fsp3) is 0.182. The van der Waals surface area contributed by atoms with E-state index in [1.165, 1.54) is 0 Å². The van der Waals surface area contributed by atoms with Crippen molar-refractivity contribution in [2.75, 3.05) is 0 Å². The number of rotatable bonds is 4. The Bertz CT molecular complexity index is 1870. The van der Waals surface area contributed by atoms with E-state index in [0.29, 0.717) is 17.5 Å². The number of benzene rings is 4. The van der Waals surface area contributed by atoms with E-state index in [1.54, 1.807) is 0 Å². The van der Waals surface area contributed by atoms with Crippen molar-refractivity contribution in [3.05, 3.63) is 97.1 Å². The van der Waals surface area contributed by atoms with Gasteiger partial charge in [-0.3, -0.25) is 0 Å². The van der Waals surface area contributed by atoms with Gasteiger partial charge in [0.25, 0.3) is 0 Å². The Kier molecular flexibility index (Phi) is 5.63. The summed E-state index contributed by atoms with van der Waals surface area (Å²) in [4.78, 5) is 15.0. The first-order valence-corrected chi connectivity index (χ1v) is 13.5. The van der Waals surface area contributed by atoms with Gasteiger partial charge in [0.2, 0.25) is 0 Å². The molecule has 0 N–H and O–H groups in total. The van der Waals surface area contributed by atoms with Crippen LogP contribution in [0.4, 0.5) is 0 Å². The number of hydrogen-bond acceptors (Lipinski definition) is 6. The normalized spacial score (nSPS) is 16.1. The molecule has 4 aromatic carbocycles. The SMILES string of the molecule is CC1(C)OB(c2ccccc2-c2nc(-c3ccccc3)nc(-c3cccc4oc5ccccc5c34)n2)OC1(C)C. The maximum absolute atomic E-state index is 6.43. The molecule has 3 heterocycles. The third kappa shape index (κ3) is 4.01. The van der Waals surface area contributed by atoms with Crippen LogP contribution in [0.2, 0.25) is 0 Å². The summed E-state index contributed by atoms with van der Waals surface area (Å²) in [5.41, 5.74) is 4.19. The molecule has 7 heteroatoms. The molecule has 0 spiro atoms. The number of fused-ring (bicyclic) bond motifs is 3. The van der Waals surface area contributed by atoms with Crippen LogP contribution in [0.25, 0.3) is 56.1 Å². The zero-order valence-electron chi connectivity index (χ0n) is 22.9. The van der Waals surface area contributed by atoms with E-state index in [2.05, 4.69) is 33.8 Å². The smallest absolute Gasteiger partial charge is 0.456 e. The lowest BCUT2D eigenvalue weighted by Crippen LogP contribution is -2.41. The van der Waals surface area contributed by atoms with Gasteiger partial charge in [0.15, 0.2) is 17.5 Å². The average molecular weight is 525 g/mol. The summed E-state index contributed by atoms with van der Waals surface area (Å²) in [5, 5.41) is 2.00. The molecule has 196 valence electrons. The largest absolute Gasteiger partial charge is 0.495 e. The van der Waals surface area contributed by atoms with E-state index in [1.807, 2.05) is 91.0 Å². The molecule has 0 aliphatic carbocycles. The van der Waals surface area contributed by atoms with Crippen LogP contribution in [0.3, 0.4) is 0 Å². The Balaban J connectivity index is 1.46. The van der Waals surface area contributed by atoms with Gasteiger partial charge in [0.1, 0.15) is 11.2 Å². The number of nitrogens with zero attached hydrogens (tertiary/aromatic N) is 3. The van der Waals surface area contributed by atoms with Crippen molar-refractivity contribution >= 4 is 34.5 Å². The summed E-state index contributed by atoms with van der Waals surface area (Å²) in [6.45, 7) is 8.22. The highest BCUT2D eigenvalue weighted by molar-refractivity contribution is 6.63. The third-order valence-electron chi connectivity index (χ3n) is 8.02. The van der Waals surface area contributed by atoms with Gasteiger partial charge >= 0.3 is 7.12 Å². The monoisotopic (exact) mass is 525 g/mol. The van der Waals surface area contributed by atoms with Crippen LogP contribution in [0.1, 0.15) is 27.7 Å². The molecule has 6 nitrogen and oxygen atoms in total. The van der Waals surface area contributed by atoms with Crippen molar-refractivity contribution in [3.8, 4) is 34.2 Å². The standard InChI is InChI=1S/C33H28BN3O3/c1-32(2)33(3,4)40-34(39-32)25-18-10-8-15-22(25)30-35-29(21-13-6-5-7-14-21)36-31(37-30)24-17-12-20-27-28(24)23-16-9-11-19-26(23)38-27/h5-20H,1-4H3. The molecule has 0 atom stereocenters. The Morgan fingerprint density at radius 2 is 1.12 bits per heavy atom. The lowest BCUT2D eigenvalue weighted by atomic mass is 9.75. The van der Waals surface area contributed by atoms with Crippen molar-refractivity contribution in [1.29, 1.82) is 0 Å². The highest BCUT2D eigenvalue weighted by atomic mass is 16.7. The minimum atomic E-state index is -0.553. The molecule has 2 aromatic heterocycles. The topological polar surface area (TPSA) is 70.3 Å². The van der Waals surface area contributed by atoms with Crippen molar-refractivity contribution in [2.24, 2.45) is 0 Å². The van der Waals surface area contributed by atoms with E-state index in [9.17, 15) is 0 Å². The van der Waals surface area contributed by atoms with Crippen LogP contribution in [-0.4, -0.2) is 33.3 Å².